The average Bonchev–Trinajstić information content (AvgIpc) is 3.03. The molecule has 5 N–H and O–H groups in total. The van der Waals surface area contributed by atoms with Crippen LogP contribution >= 0.6 is 12.2 Å². The number of nitriles is 1. The monoisotopic (exact) mass is 582 g/mol. The number of methoxy groups -OCH3 is 2. The smallest absolute Gasteiger partial charge is 0.355 e. The van der Waals surface area contributed by atoms with E-state index in [9.17, 15) is 19.6 Å². The Morgan fingerprint density at radius 1 is 0.881 bits per heavy atom. The summed E-state index contributed by atoms with van der Waals surface area (Å²) in [4.78, 5) is 41.2. The molecule has 3 aromatic carbocycles. The number of amides is 1. The van der Waals surface area contributed by atoms with Gasteiger partial charge in [-0.2, -0.15) is 5.26 Å². The molecule has 1 atom stereocenters. The van der Waals surface area contributed by atoms with Gasteiger partial charge >= 0.3 is 11.9 Å². The van der Waals surface area contributed by atoms with Gasteiger partial charge in [0.1, 0.15) is 11.5 Å². The van der Waals surface area contributed by atoms with Crippen LogP contribution in [0.2, 0.25) is 0 Å². The van der Waals surface area contributed by atoms with Crippen molar-refractivity contribution >= 4 is 46.6 Å². The Balaban J connectivity index is 1.81. The minimum atomic E-state index is -1.04. The van der Waals surface area contributed by atoms with Gasteiger partial charge in [-0.05, 0) is 42.0 Å². The summed E-state index contributed by atoms with van der Waals surface area (Å²) in [7, 11) is 2.30. The third-order valence-corrected chi connectivity index (χ3v) is 6.53. The molecule has 0 bridgehead atoms. The first-order valence-electron chi connectivity index (χ1n) is 12.5. The minimum absolute atomic E-state index is 0.0316. The molecular formula is C30H26N6O5S. The molecule has 1 heterocycles. The molecule has 0 aromatic heterocycles. The maximum Gasteiger partial charge on any atom is 0.355 e. The lowest BCUT2D eigenvalue weighted by atomic mass is 9.80. The van der Waals surface area contributed by atoms with Gasteiger partial charge in [0.05, 0.1) is 48.6 Å². The molecule has 11 nitrogen and oxygen atoms in total. The van der Waals surface area contributed by atoms with E-state index in [4.69, 9.17) is 27.4 Å². The van der Waals surface area contributed by atoms with Crippen LogP contribution in [0, 0.1) is 11.3 Å². The zero-order valence-electron chi connectivity index (χ0n) is 22.6. The van der Waals surface area contributed by atoms with Gasteiger partial charge in [0.15, 0.2) is 5.11 Å². The number of carbonyl (C=O) groups excluding carboxylic acids is 3. The molecule has 0 spiro atoms. The van der Waals surface area contributed by atoms with Crippen molar-refractivity contribution in [2.45, 2.75) is 5.92 Å². The van der Waals surface area contributed by atoms with Crippen molar-refractivity contribution in [3.63, 3.8) is 0 Å². The molecule has 1 unspecified atom stereocenters. The lowest BCUT2D eigenvalue weighted by molar-refractivity contribution is -0.139. The average molecular weight is 583 g/mol. The van der Waals surface area contributed by atoms with Gasteiger partial charge in [-0.15, -0.1) is 0 Å². The number of carbonyl (C=O) groups is 3. The lowest BCUT2D eigenvalue weighted by Crippen LogP contribution is -2.45. The number of allylic oxidation sites excluding steroid dienone is 1. The van der Waals surface area contributed by atoms with Crippen LogP contribution in [-0.4, -0.2) is 37.2 Å². The number of para-hydroxylation sites is 2. The van der Waals surface area contributed by atoms with E-state index in [0.29, 0.717) is 11.3 Å². The zero-order valence-corrected chi connectivity index (χ0v) is 23.4. The van der Waals surface area contributed by atoms with E-state index in [-0.39, 0.29) is 39.0 Å². The van der Waals surface area contributed by atoms with Crippen LogP contribution in [0.15, 0.2) is 108 Å². The number of hydrazine groups is 1. The van der Waals surface area contributed by atoms with Crippen molar-refractivity contribution in [3.8, 4) is 6.07 Å². The Labute approximate surface area is 247 Å². The molecule has 4 rings (SSSR count). The van der Waals surface area contributed by atoms with Crippen LogP contribution in [0.1, 0.15) is 21.8 Å². The second-order valence-electron chi connectivity index (χ2n) is 8.75. The molecule has 0 fully saturated rings. The fourth-order valence-corrected chi connectivity index (χ4v) is 4.66. The normalized spacial score (nSPS) is 14.4. The van der Waals surface area contributed by atoms with Crippen LogP contribution in [-0.2, 0) is 19.1 Å². The number of hydrogen-bond donors (Lipinski definition) is 4. The van der Waals surface area contributed by atoms with Crippen molar-refractivity contribution in [1.82, 2.24) is 10.9 Å². The van der Waals surface area contributed by atoms with E-state index in [1.54, 1.807) is 54.6 Å². The first-order chi connectivity index (χ1) is 20.3. The van der Waals surface area contributed by atoms with Crippen molar-refractivity contribution in [1.29, 1.82) is 5.26 Å². The third kappa shape index (κ3) is 5.91. The molecule has 0 saturated heterocycles. The first kappa shape index (κ1) is 29.3. The Morgan fingerprint density at radius 3 is 2.10 bits per heavy atom. The molecular weight excluding hydrogens is 556 g/mol. The van der Waals surface area contributed by atoms with Gasteiger partial charge in [0.25, 0.3) is 5.91 Å². The molecule has 12 heteroatoms. The predicted octanol–water partition coefficient (Wildman–Crippen LogP) is 3.22. The summed E-state index contributed by atoms with van der Waals surface area (Å²) in [5.74, 6) is -3.68. The fraction of sp³-hybridized carbons (Fsp3) is 0.100. The standard InChI is InChI=1S/C30H26N6O5S/c1-40-28(38)24-23(18-11-5-3-6-12-18)21(17-31)26(32)36(25(24)29(39)41-2)22-16-10-9-15-20(22)27(37)34-35-30(42)33-19-13-7-4-8-14-19/h3-16,23H,32H2,1-2H3,(H,34,37)(H2,33,35,42). The Hall–Kier alpha value is -5.67. The maximum atomic E-state index is 13.4. The van der Waals surface area contributed by atoms with Crippen LogP contribution in [0.4, 0.5) is 11.4 Å². The molecule has 42 heavy (non-hydrogen) atoms. The van der Waals surface area contributed by atoms with E-state index < -0.39 is 23.8 Å². The number of hydrogen-bond acceptors (Lipinski definition) is 9. The van der Waals surface area contributed by atoms with Gasteiger partial charge in [0.2, 0.25) is 0 Å². The van der Waals surface area contributed by atoms with Crippen molar-refractivity contribution in [2.24, 2.45) is 5.73 Å². The second-order valence-corrected chi connectivity index (χ2v) is 9.16. The minimum Gasteiger partial charge on any atom is -0.466 e. The maximum absolute atomic E-state index is 13.4. The highest BCUT2D eigenvalue weighted by atomic mass is 32.1. The molecule has 212 valence electrons. The number of nitrogens with two attached hydrogens (primary N) is 1. The number of thiocarbonyl (C=S) groups is 1. The molecule has 3 aromatic rings. The summed E-state index contributed by atoms with van der Waals surface area (Å²) in [6, 6.07) is 26.0. The Bertz CT molecular complexity index is 1630. The molecule has 1 aliphatic rings. The summed E-state index contributed by atoms with van der Waals surface area (Å²) in [6.45, 7) is 0. The van der Waals surface area contributed by atoms with Crippen LogP contribution in [0.3, 0.4) is 0 Å². The van der Waals surface area contributed by atoms with Gasteiger partial charge in [-0.25, -0.2) is 9.59 Å². The topological polar surface area (TPSA) is 159 Å². The van der Waals surface area contributed by atoms with E-state index in [2.05, 4.69) is 22.2 Å². The molecule has 1 amide bonds. The van der Waals surface area contributed by atoms with Gasteiger partial charge in [0, 0.05) is 5.69 Å². The van der Waals surface area contributed by atoms with Gasteiger partial charge in [-0.1, -0.05) is 60.7 Å². The molecule has 0 saturated carbocycles. The number of benzene rings is 3. The quantitative estimate of drug-likeness (QED) is 0.192. The third-order valence-electron chi connectivity index (χ3n) is 6.32. The van der Waals surface area contributed by atoms with Crippen molar-refractivity contribution < 1.29 is 23.9 Å². The summed E-state index contributed by atoms with van der Waals surface area (Å²) >= 11 is 5.27. The largest absolute Gasteiger partial charge is 0.466 e. The second kappa shape index (κ2) is 13.1. The lowest BCUT2D eigenvalue weighted by Gasteiger charge is -2.36. The van der Waals surface area contributed by atoms with Crippen LogP contribution < -0.4 is 26.8 Å². The zero-order chi connectivity index (χ0) is 30.2. The number of ether oxygens (including phenoxy) is 2. The van der Waals surface area contributed by atoms with E-state index in [0.717, 1.165) is 19.1 Å². The van der Waals surface area contributed by atoms with Crippen LogP contribution in [0.25, 0.3) is 0 Å². The number of esters is 2. The molecule has 0 radical (unpaired) electrons. The van der Waals surface area contributed by atoms with Crippen molar-refractivity contribution in [3.05, 3.63) is 119 Å². The highest BCUT2D eigenvalue weighted by molar-refractivity contribution is 7.80. The summed E-state index contributed by atoms with van der Waals surface area (Å²) in [5, 5.41) is 13.3. The van der Waals surface area contributed by atoms with E-state index in [1.807, 2.05) is 18.2 Å². The van der Waals surface area contributed by atoms with Crippen molar-refractivity contribution in [2.75, 3.05) is 24.4 Å². The van der Waals surface area contributed by atoms with Gasteiger partial charge < -0.3 is 20.5 Å². The molecule has 0 aliphatic carbocycles. The van der Waals surface area contributed by atoms with Crippen LogP contribution in [0.5, 0.6) is 0 Å². The number of nitrogens with zero attached hydrogens (tertiary/aromatic N) is 2. The summed E-state index contributed by atoms with van der Waals surface area (Å²) < 4.78 is 10.1. The predicted molar refractivity (Wildman–Crippen MR) is 159 cm³/mol. The number of rotatable bonds is 6. The SMILES string of the molecule is COC(=O)C1=C(C(=O)OC)N(c2ccccc2C(=O)NNC(=S)Nc2ccccc2)C(N)=C(C#N)C1c1ccccc1. The number of anilines is 2. The highest BCUT2D eigenvalue weighted by Crippen LogP contribution is 2.43. The first-order valence-corrected chi connectivity index (χ1v) is 12.9. The Kier molecular flexibility index (Phi) is 9.16. The number of nitrogens with one attached hydrogen (secondary N) is 3. The summed E-state index contributed by atoms with van der Waals surface area (Å²) in [6.07, 6.45) is 0. The Morgan fingerprint density at radius 2 is 1.48 bits per heavy atom. The molecule has 1 aliphatic heterocycles. The van der Waals surface area contributed by atoms with E-state index in [1.165, 1.54) is 12.1 Å². The highest BCUT2D eigenvalue weighted by Gasteiger charge is 2.43. The van der Waals surface area contributed by atoms with Gasteiger partial charge in [-0.3, -0.25) is 20.5 Å². The van der Waals surface area contributed by atoms with E-state index >= 15 is 0 Å². The fourth-order valence-electron chi connectivity index (χ4n) is 4.49. The summed E-state index contributed by atoms with van der Waals surface area (Å²) in [5.41, 5.74) is 12.6.